The van der Waals surface area contributed by atoms with Crippen LogP contribution in [-0.4, -0.2) is 20.2 Å². The number of hydrogen-bond acceptors (Lipinski definition) is 4. The van der Waals surface area contributed by atoms with E-state index in [0.29, 0.717) is 18.1 Å². The van der Waals surface area contributed by atoms with E-state index in [1.807, 2.05) is 24.3 Å². The van der Waals surface area contributed by atoms with Crippen molar-refractivity contribution in [3.05, 3.63) is 64.4 Å². The van der Waals surface area contributed by atoms with Crippen LogP contribution in [0.15, 0.2) is 53.0 Å². The highest BCUT2D eigenvalue weighted by Crippen LogP contribution is 2.29. The second-order valence-electron chi connectivity index (χ2n) is 4.91. The van der Waals surface area contributed by atoms with Crippen LogP contribution < -0.4 is 5.32 Å². The molecule has 124 valence electrons. The maximum absolute atomic E-state index is 12.6. The number of alkyl halides is 3. The predicted molar refractivity (Wildman–Crippen MR) is 85.6 cm³/mol. The lowest BCUT2D eigenvalue weighted by molar-refractivity contribution is -0.137. The number of rotatable bonds is 4. The summed E-state index contributed by atoms with van der Waals surface area (Å²) >= 11 is 3.35. The van der Waals surface area contributed by atoms with Crippen molar-refractivity contribution in [2.45, 2.75) is 12.7 Å². The van der Waals surface area contributed by atoms with Gasteiger partial charge in [0.15, 0.2) is 5.82 Å². The highest BCUT2D eigenvalue weighted by atomic mass is 79.9. The molecule has 3 rings (SSSR count). The van der Waals surface area contributed by atoms with Gasteiger partial charge in [-0.25, -0.2) is 0 Å². The summed E-state index contributed by atoms with van der Waals surface area (Å²) in [4.78, 5) is 0. The average molecular weight is 398 g/mol. The smallest absolute Gasteiger partial charge is 0.378 e. The molecule has 0 aliphatic rings. The molecule has 1 heterocycles. The molecule has 0 aliphatic heterocycles. The zero-order valence-corrected chi connectivity index (χ0v) is 13.7. The van der Waals surface area contributed by atoms with Crippen molar-refractivity contribution < 1.29 is 13.2 Å². The van der Waals surface area contributed by atoms with Crippen molar-refractivity contribution >= 4 is 21.6 Å². The van der Waals surface area contributed by atoms with E-state index >= 15 is 0 Å². The number of nitrogens with zero attached hydrogens (tertiary/aromatic N) is 4. The fourth-order valence-corrected chi connectivity index (χ4v) is 2.32. The molecule has 24 heavy (non-hydrogen) atoms. The first kappa shape index (κ1) is 16.4. The molecule has 0 atom stereocenters. The zero-order chi connectivity index (χ0) is 17.2. The fraction of sp³-hybridized carbons (Fsp3) is 0.133. The Morgan fingerprint density at radius 2 is 1.67 bits per heavy atom. The second kappa shape index (κ2) is 6.60. The van der Waals surface area contributed by atoms with E-state index in [2.05, 4.69) is 36.8 Å². The lowest BCUT2D eigenvalue weighted by Crippen LogP contribution is -2.09. The van der Waals surface area contributed by atoms with E-state index in [1.54, 1.807) is 0 Å². The van der Waals surface area contributed by atoms with Crippen molar-refractivity contribution in [1.29, 1.82) is 0 Å². The van der Waals surface area contributed by atoms with E-state index in [9.17, 15) is 13.2 Å². The molecule has 3 aromatic rings. The first-order chi connectivity index (χ1) is 11.4. The number of halogens is 4. The third-order valence-corrected chi connectivity index (χ3v) is 3.80. The Labute approximate surface area is 143 Å². The minimum Gasteiger partial charge on any atom is -0.378 e. The molecular formula is C15H11BrF3N5. The topological polar surface area (TPSA) is 55.6 Å². The highest BCUT2D eigenvalue weighted by molar-refractivity contribution is 9.10. The molecule has 9 heteroatoms. The molecule has 0 unspecified atom stereocenters. The van der Waals surface area contributed by atoms with Crippen LogP contribution in [0.5, 0.6) is 0 Å². The molecule has 0 saturated heterocycles. The molecule has 0 amide bonds. The van der Waals surface area contributed by atoms with Crippen molar-refractivity contribution in [3.63, 3.8) is 0 Å². The Kier molecular flexibility index (Phi) is 4.52. The van der Waals surface area contributed by atoms with Gasteiger partial charge in [0.25, 0.3) is 0 Å². The average Bonchev–Trinajstić information content (AvgIpc) is 3.02. The molecule has 0 radical (unpaired) electrons. The van der Waals surface area contributed by atoms with E-state index in [4.69, 9.17) is 0 Å². The maximum Gasteiger partial charge on any atom is 0.416 e. The van der Waals surface area contributed by atoms with Crippen LogP contribution in [0.2, 0.25) is 0 Å². The number of nitrogens with one attached hydrogen (secondary N) is 1. The third-order valence-electron chi connectivity index (χ3n) is 3.27. The zero-order valence-electron chi connectivity index (χ0n) is 12.1. The monoisotopic (exact) mass is 397 g/mol. The Hall–Kier alpha value is -2.42. The highest BCUT2D eigenvalue weighted by Gasteiger charge is 2.30. The summed E-state index contributed by atoms with van der Waals surface area (Å²) in [6.45, 7) is 0.329. The number of aromatic nitrogens is 4. The molecule has 2 aromatic carbocycles. The van der Waals surface area contributed by atoms with Gasteiger partial charge in [-0.05, 0) is 59.0 Å². The maximum atomic E-state index is 12.6. The van der Waals surface area contributed by atoms with E-state index in [1.165, 1.54) is 16.8 Å². The predicted octanol–water partition coefficient (Wildman–Crippen LogP) is 4.06. The van der Waals surface area contributed by atoms with Gasteiger partial charge in [-0.15, -0.1) is 5.10 Å². The quantitative estimate of drug-likeness (QED) is 0.721. The van der Waals surface area contributed by atoms with Crippen molar-refractivity contribution in [3.8, 4) is 5.69 Å². The Balaban J connectivity index is 1.76. The van der Waals surface area contributed by atoms with Gasteiger partial charge < -0.3 is 5.32 Å². The molecule has 5 nitrogen and oxygen atoms in total. The molecular weight excluding hydrogens is 387 g/mol. The summed E-state index contributed by atoms with van der Waals surface area (Å²) in [6.07, 6.45) is -4.37. The van der Waals surface area contributed by atoms with Crippen LogP contribution in [-0.2, 0) is 12.7 Å². The second-order valence-corrected chi connectivity index (χ2v) is 5.83. The van der Waals surface area contributed by atoms with E-state index in [-0.39, 0.29) is 0 Å². The van der Waals surface area contributed by atoms with Crippen molar-refractivity contribution in [2.24, 2.45) is 0 Å². The standard InChI is InChI=1S/C15H11BrF3N5/c16-11-3-5-12(6-4-11)20-9-14-21-22-23-24(14)13-7-1-10(2-8-13)15(17,18)19/h1-8,20H,9H2. The summed E-state index contributed by atoms with van der Waals surface area (Å²) in [6, 6.07) is 12.2. The van der Waals surface area contributed by atoms with Crippen LogP contribution in [0.25, 0.3) is 5.69 Å². The Morgan fingerprint density at radius 3 is 2.29 bits per heavy atom. The van der Waals surface area contributed by atoms with Crippen LogP contribution in [0.4, 0.5) is 18.9 Å². The minimum absolute atomic E-state index is 0.329. The van der Waals surface area contributed by atoms with Crippen LogP contribution >= 0.6 is 15.9 Å². The number of anilines is 1. The Morgan fingerprint density at radius 1 is 1.00 bits per heavy atom. The molecule has 0 spiro atoms. The van der Waals surface area contributed by atoms with Gasteiger partial charge in [-0.3, -0.25) is 0 Å². The molecule has 0 bridgehead atoms. The Bertz CT molecular complexity index is 812. The van der Waals surface area contributed by atoms with Gasteiger partial charge >= 0.3 is 6.18 Å². The molecule has 0 aliphatic carbocycles. The fourth-order valence-electron chi connectivity index (χ4n) is 2.06. The summed E-state index contributed by atoms with van der Waals surface area (Å²) in [5.41, 5.74) is 0.620. The molecule has 1 N–H and O–H groups in total. The van der Waals surface area contributed by atoms with Gasteiger partial charge in [0.05, 0.1) is 17.8 Å². The van der Waals surface area contributed by atoms with Crippen molar-refractivity contribution in [1.82, 2.24) is 20.2 Å². The number of benzene rings is 2. The van der Waals surface area contributed by atoms with Gasteiger partial charge in [0, 0.05) is 10.2 Å². The lowest BCUT2D eigenvalue weighted by Gasteiger charge is -2.09. The third kappa shape index (κ3) is 3.73. The van der Waals surface area contributed by atoms with E-state index in [0.717, 1.165) is 22.3 Å². The first-order valence-electron chi connectivity index (χ1n) is 6.88. The van der Waals surface area contributed by atoms with Gasteiger partial charge in [0.2, 0.25) is 0 Å². The lowest BCUT2D eigenvalue weighted by atomic mass is 10.2. The van der Waals surface area contributed by atoms with Crippen LogP contribution in [0.3, 0.4) is 0 Å². The van der Waals surface area contributed by atoms with Crippen LogP contribution in [0.1, 0.15) is 11.4 Å². The minimum atomic E-state index is -4.37. The summed E-state index contributed by atoms with van der Waals surface area (Å²) < 4.78 is 40.2. The summed E-state index contributed by atoms with van der Waals surface area (Å²) in [5.74, 6) is 0.484. The van der Waals surface area contributed by atoms with Crippen molar-refractivity contribution in [2.75, 3.05) is 5.32 Å². The summed E-state index contributed by atoms with van der Waals surface area (Å²) in [7, 11) is 0. The number of hydrogen-bond donors (Lipinski definition) is 1. The molecule has 1 aromatic heterocycles. The van der Waals surface area contributed by atoms with Gasteiger partial charge in [-0.2, -0.15) is 17.9 Å². The van der Waals surface area contributed by atoms with Gasteiger partial charge in [-0.1, -0.05) is 15.9 Å². The number of tetrazole rings is 1. The van der Waals surface area contributed by atoms with E-state index < -0.39 is 11.7 Å². The molecule has 0 fully saturated rings. The largest absolute Gasteiger partial charge is 0.416 e. The summed E-state index contributed by atoms with van der Waals surface area (Å²) in [5, 5.41) is 14.5. The molecule has 0 saturated carbocycles. The normalized spacial score (nSPS) is 11.5. The first-order valence-corrected chi connectivity index (χ1v) is 7.67. The van der Waals surface area contributed by atoms with Gasteiger partial charge in [0.1, 0.15) is 0 Å². The SMILES string of the molecule is FC(F)(F)c1ccc(-n2nnnc2CNc2ccc(Br)cc2)cc1. The van der Waals surface area contributed by atoms with Crippen LogP contribution in [0, 0.1) is 0 Å².